The van der Waals surface area contributed by atoms with E-state index in [0.29, 0.717) is 6.42 Å². The zero-order valence-corrected chi connectivity index (χ0v) is 27.6. The van der Waals surface area contributed by atoms with Gasteiger partial charge in [-0.2, -0.15) is 0 Å². The molecule has 0 aliphatic carbocycles. The first-order valence-electron chi connectivity index (χ1n) is 16.9. The molecule has 4 fully saturated rings. The smallest absolute Gasteiger partial charge is 0.306 e. The van der Waals surface area contributed by atoms with Crippen molar-refractivity contribution < 1.29 is 28.2 Å². The van der Waals surface area contributed by atoms with Crippen molar-refractivity contribution in [2.45, 2.75) is 204 Å². The van der Waals surface area contributed by atoms with Crippen molar-refractivity contribution >= 4 is 14.3 Å². The third kappa shape index (κ3) is 8.78. The van der Waals surface area contributed by atoms with Crippen LogP contribution in [0.2, 0.25) is 18.1 Å². The summed E-state index contributed by atoms with van der Waals surface area (Å²) < 4.78 is 32.3. The number of esters is 1. The standard InChI is InChI=1S/C33H60O6Si/c1-7-8-9-10-11-12-13-14-15-31(39-40(5,6)33(2,3)4)30-21-20-27(37-30)26-17-16-24(35-26)25-18-19-28(36-25)29-22-23-32(34)38-29/h24-31H,7-23H2,1-6H3/t24-,25+,26-,27-,28+,29+,30-,31-/m0/s1. The number of rotatable bonds is 15. The fourth-order valence-electron chi connectivity index (χ4n) is 6.87. The normalized spacial score (nSPS) is 34.0. The van der Waals surface area contributed by atoms with Crippen molar-refractivity contribution in [1.29, 1.82) is 0 Å². The number of carbonyl (C=O) groups excluding carboxylic acids is 1. The average molecular weight is 581 g/mol. The Hall–Kier alpha value is -0.473. The fraction of sp³-hybridized carbons (Fsp3) is 0.970. The van der Waals surface area contributed by atoms with E-state index in [1.54, 1.807) is 0 Å². The van der Waals surface area contributed by atoms with Crippen molar-refractivity contribution in [2.24, 2.45) is 0 Å². The van der Waals surface area contributed by atoms with E-state index in [-0.39, 0.29) is 59.8 Å². The second-order valence-electron chi connectivity index (χ2n) is 14.6. The molecule has 0 unspecified atom stereocenters. The van der Waals surface area contributed by atoms with Crippen molar-refractivity contribution in [3.8, 4) is 0 Å². The molecule has 4 heterocycles. The van der Waals surface area contributed by atoms with Gasteiger partial charge in [0, 0.05) is 6.42 Å². The Balaban J connectivity index is 1.24. The van der Waals surface area contributed by atoms with Crippen LogP contribution in [0, 0.1) is 0 Å². The van der Waals surface area contributed by atoms with Crippen LogP contribution in [0.15, 0.2) is 0 Å². The van der Waals surface area contributed by atoms with Crippen LogP contribution in [-0.4, -0.2) is 63.1 Å². The third-order valence-electron chi connectivity index (χ3n) is 10.4. The van der Waals surface area contributed by atoms with Gasteiger partial charge in [0.05, 0.1) is 42.7 Å². The highest BCUT2D eigenvalue weighted by molar-refractivity contribution is 6.74. The minimum absolute atomic E-state index is 0.0378. The minimum Gasteiger partial charge on any atom is -0.460 e. The maximum atomic E-state index is 11.5. The van der Waals surface area contributed by atoms with Crippen LogP contribution < -0.4 is 0 Å². The Morgan fingerprint density at radius 1 is 0.725 bits per heavy atom. The van der Waals surface area contributed by atoms with E-state index in [1.165, 1.54) is 51.4 Å². The first kappa shape index (κ1) is 32.4. The van der Waals surface area contributed by atoms with E-state index in [4.69, 9.17) is 23.4 Å². The summed E-state index contributed by atoms with van der Waals surface area (Å²) in [5, 5.41) is 0.195. The van der Waals surface area contributed by atoms with Crippen LogP contribution in [-0.2, 0) is 28.2 Å². The molecule has 0 bridgehead atoms. The maximum absolute atomic E-state index is 11.5. The molecule has 4 rings (SSSR count). The highest BCUT2D eigenvalue weighted by Crippen LogP contribution is 2.42. The number of hydrogen-bond acceptors (Lipinski definition) is 6. The van der Waals surface area contributed by atoms with Crippen LogP contribution in [0.5, 0.6) is 0 Å². The van der Waals surface area contributed by atoms with Gasteiger partial charge in [-0.1, -0.05) is 79.1 Å². The van der Waals surface area contributed by atoms with Crippen LogP contribution in [0.3, 0.4) is 0 Å². The van der Waals surface area contributed by atoms with Gasteiger partial charge in [0.1, 0.15) is 6.10 Å². The van der Waals surface area contributed by atoms with Crippen molar-refractivity contribution in [2.75, 3.05) is 0 Å². The lowest BCUT2D eigenvalue weighted by Gasteiger charge is -2.41. The second kappa shape index (κ2) is 14.8. The molecule has 4 saturated heterocycles. The fourth-order valence-corrected chi connectivity index (χ4v) is 8.25. The molecule has 0 saturated carbocycles. The predicted octanol–water partition coefficient (Wildman–Crippen LogP) is 8.26. The lowest BCUT2D eigenvalue weighted by atomic mass is 10.0. The van der Waals surface area contributed by atoms with Gasteiger partial charge in [-0.25, -0.2) is 0 Å². The van der Waals surface area contributed by atoms with E-state index in [2.05, 4.69) is 40.8 Å². The molecule has 0 radical (unpaired) electrons. The molecular formula is C33H60O6Si. The number of ether oxygens (including phenoxy) is 4. The van der Waals surface area contributed by atoms with Gasteiger partial charge in [0.2, 0.25) is 0 Å². The van der Waals surface area contributed by atoms with E-state index in [0.717, 1.165) is 51.4 Å². The van der Waals surface area contributed by atoms with Crippen LogP contribution >= 0.6 is 0 Å². The van der Waals surface area contributed by atoms with Crippen molar-refractivity contribution in [1.82, 2.24) is 0 Å². The molecule has 40 heavy (non-hydrogen) atoms. The molecule has 0 aromatic heterocycles. The number of cyclic esters (lactones) is 1. The van der Waals surface area contributed by atoms with Gasteiger partial charge in [-0.15, -0.1) is 0 Å². The summed E-state index contributed by atoms with van der Waals surface area (Å²) in [6, 6.07) is 0. The molecule has 4 aliphatic heterocycles. The van der Waals surface area contributed by atoms with Crippen LogP contribution in [0.25, 0.3) is 0 Å². The summed E-state index contributed by atoms with van der Waals surface area (Å²) in [6.45, 7) is 14.1. The zero-order valence-electron chi connectivity index (χ0n) is 26.6. The molecule has 0 aromatic carbocycles. The topological polar surface area (TPSA) is 63.2 Å². The molecule has 0 N–H and O–H groups in total. The van der Waals surface area contributed by atoms with E-state index in [9.17, 15) is 4.79 Å². The van der Waals surface area contributed by atoms with E-state index >= 15 is 0 Å². The van der Waals surface area contributed by atoms with Gasteiger partial charge in [0.25, 0.3) is 0 Å². The Labute approximate surface area is 246 Å². The molecule has 6 nitrogen and oxygen atoms in total. The highest BCUT2D eigenvalue weighted by atomic mass is 28.4. The summed E-state index contributed by atoms with van der Waals surface area (Å²) >= 11 is 0. The molecular weight excluding hydrogens is 520 g/mol. The first-order valence-corrected chi connectivity index (χ1v) is 19.8. The monoisotopic (exact) mass is 580 g/mol. The van der Waals surface area contributed by atoms with Gasteiger partial charge < -0.3 is 23.4 Å². The summed E-state index contributed by atoms with van der Waals surface area (Å²) in [6.07, 6.45) is 20.2. The molecule has 232 valence electrons. The van der Waals surface area contributed by atoms with Crippen LogP contribution in [0.1, 0.15) is 137 Å². The van der Waals surface area contributed by atoms with Gasteiger partial charge in [-0.3, -0.25) is 4.79 Å². The lowest BCUT2D eigenvalue weighted by Crippen LogP contribution is -2.47. The molecule has 7 heteroatoms. The molecule has 8 atom stereocenters. The zero-order chi connectivity index (χ0) is 28.8. The molecule has 0 amide bonds. The number of carbonyl (C=O) groups is 1. The summed E-state index contributed by atoms with van der Waals surface area (Å²) in [4.78, 5) is 11.5. The lowest BCUT2D eigenvalue weighted by molar-refractivity contribution is -0.150. The van der Waals surface area contributed by atoms with Crippen LogP contribution in [0.4, 0.5) is 0 Å². The van der Waals surface area contributed by atoms with E-state index < -0.39 is 8.32 Å². The molecule has 0 aromatic rings. The third-order valence-corrected chi connectivity index (χ3v) is 14.9. The summed E-state index contributed by atoms with van der Waals surface area (Å²) in [5.74, 6) is -0.0830. The van der Waals surface area contributed by atoms with E-state index in [1.807, 2.05) is 0 Å². The predicted molar refractivity (Wildman–Crippen MR) is 162 cm³/mol. The van der Waals surface area contributed by atoms with Gasteiger partial charge in [0.15, 0.2) is 8.32 Å². The van der Waals surface area contributed by atoms with Crippen molar-refractivity contribution in [3.63, 3.8) is 0 Å². The Bertz CT molecular complexity index is 781. The van der Waals surface area contributed by atoms with Gasteiger partial charge in [-0.05, 0) is 69.5 Å². The highest BCUT2D eigenvalue weighted by Gasteiger charge is 2.47. The summed E-state index contributed by atoms with van der Waals surface area (Å²) in [7, 11) is -1.89. The Kier molecular flexibility index (Phi) is 12.0. The minimum atomic E-state index is -1.89. The largest absolute Gasteiger partial charge is 0.460 e. The first-order chi connectivity index (χ1) is 19.1. The molecule has 4 aliphatic rings. The quantitative estimate of drug-likeness (QED) is 0.110. The van der Waals surface area contributed by atoms with Crippen molar-refractivity contribution in [3.05, 3.63) is 0 Å². The SMILES string of the molecule is CCCCCCCCCC[C@H](O[Si](C)(C)C(C)(C)C)[C@@H]1CC[C@@H]([C@@H]2CC[C@@H]([C@H]3CC[C@H]([C@H]4CCC(=O)O4)O3)O2)O1. The number of unbranched alkanes of at least 4 members (excludes halogenated alkanes) is 7. The number of hydrogen-bond donors (Lipinski definition) is 0. The van der Waals surface area contributed by atoms with Gasteiger partial charge >= 0.3 is 5.97 Å². The average Bonchev–Trinajstić information content (AvgIpc) is 3.70. The Morgan fingerprint density at radius 2 is 1.23 bits per heavy atom. The maximum Gasteiger partial charge on any atom is 0.306 e. The summed E-state index contributed by atoms with van der Waals surface area (Å²) in [5.41, 5.74) is 0. The Morgan fingerprint density at radius 3 is 1.75 bits per heavy atom. The second-order valence-corrected chi connectivity index (χ2v) is 19.4. The molecule has 0 spiro atoms.